The van der Waals surface area contributed by atoms with Crippen molar-refractivity contribution in [2.45, 2.75) is 26.4 Å². The number of nitrogens with one attached hydrogen (secondary N) is 1. The Hall–Kier alpha value is -2.60. The predicted molar refractivity (Wildman–Crippen MR) is 89.6 cm³/mol. The summed E-state index contributed by atoms with van der Waals surface area (Å²) >= 11 is 5.86. The third-order valence-corrected chi connectivity index (χ3v) is 3.93. The molecule has 7 heteroatoms. The highest BCUT2D eigenvalue weighted by molar-refractivity contribution is 6.29. The van der Waals surface area contributed by atoms with E-state index in [1.165, 1.54) is 5.56 Å². The maximum Gasteiger partial charge on any atom is 0.229 e. The minimum Gasteiger partial charge on any atom is -0.352 e. The van der Waals surface area contributed by atoms with Gasteiger partial charge in [-0.05, 0) is 24.1 Å². The molecule has 0 spiro atoms. The lowest BCUT2D eigenvalue weighted by atomic mass is 10.2. The number of nitrogens with zero attached hydrogens (tertiary/aromatic N) is 3. The van der Waals surface area contributed by atoms with Crippen LogP contribution in [0, 0.1) is 6.92 Å². The maximum atomic E-state index is 12.0. The molecule has 0 aliphatic heterocycles. The van der Waals surface area contributed by atoms with Gasteiger partial charge in [0, 0.05) is 23.9 Å². The van der Waals surface area contributed by atoms with E-state index in [-0.39, 0.29) is 17.5 Å². The van der Waals surface area contributed by atoms with E-state index in [1.54, 1.807) is 13.1 Å². The maximum absolute atomic E-state index is 12.0. The SMILES string of the molecule is Cc1noc(Cl)c1CC(=O)NCc1cnn(Cc2ccccc2)c1. The molecule has 1 aromatic carbocycles. The van der Waals surface area contributed by atoms with Crippen LogP contribution in [0.25, 0.3) is 0 Å². The quantitative estimate of drug-likeness (QED) is 0.746. The van der Waals surface area contributed by atoms with Gasteiger partial charge in [0.2, 0.25) is 11.1 Å². The lowest BCUT2D eigenvalue weighted by molar-refractivity contribution is -0.120. The van der Waals surface area contributed by atoms with Crippen LogP contribution < -0.4 is 5.32 Å². The first kappa shape index (κ1) is 16.3. The molecule has 2 heterocycles. The summed E-state index contributed by atoms with van der Waals surface area (Å²) in [6, 6.07) is 10.1. The highest BCUT2D eigenvalue weighted by Crippen LogP contribution is 2.19. The summed E-state index contributed by atoms with van der Waals surface area (Å²) in [4.78, 5) is 12.0. The Balaban J connectivity index is 1.53. The molecule has 0 fully saturated rings. The fraction of sp³-hybridized carbons (Fsp3) is 0.235. The first-order valence-electron chi connectivity index (χ1n) is 7.54. The van der Waals surface area contributed by atoms with Gasteiger partial charge in [-0.25, -0.2) is 0 Å². The van der Waals surface area contributed by atoms with Gasteiger partial charge in [0.1, 0.15) is 0 Å². The molecule has 124 valence electrons. The van der Waals surface area contributed by atoms with Gasteiger partial charge in [-0.15, -0.1) is 0 Å². The Morgan fingerprint density at radius 3 is 2.79 bits per heavy atom. The van der Waals surface area contributed by atoms with Crippen LogP contribution in [0.1, 0.15) is 22.4 Å². The van der Waals surface area contributed by atoms with Crippen LogP contribution in [0.2, 0.25) is 5.22 Å². The van der Waals surface area contributed by atoms with Gasteiger partial charge < -0.3 is 9.84 Å². The largest absolute Gasteiger partial charge is 0.352 e. The van der Waals surface area contributed by atoms with Crippen LogP contribution in [-0.4, -0.2) is 20.8 Å². The third kappa shape index (κ3) is 4.02. The van der Waals surface area contributed by atoms with Crippen LogP contribution in [0.5, 0.6) is 0 Å². The number of carbonyl (C=O) groups is 1. The second-order valence-corrected chi connectivity index (χ2v) is 5.85. The van der Waals surface area contributed by atoms with E-state index < -0.39 is 0 Å². The normalized spacial score (nSPS) is 10.8. The molecule has 0 radical (unpaired) electrons. The van der Waals surface area contributed by atoms with Crippen molar-refractivity contribution in [2.75, 3.05) is 0 Å². The zero-order valence-corrected chi connectivity index (χ0v) is 14.0. The molecule has 6 nitrogen and oxygen atoms in total. The summed E-state index contributed by atoms with van der Waals surface area (Å²) in [7, 11) is 0. The Bertz CT molecular complexity index is 807. The number of benzene rings is 1. The van der Waals surface area contributed by atoms with Crippen molar-refractivity contribution >= 4 is 17.5 Å². The van der Waals surface area contributed by atoms with E-state index in [9.17, 15) is 4.79 Å². The molecule has 0 bridgehead atoms. The first-order valence-corrected chi connectivity index (χ1v) is 7.92. The van der Waals surface area contributed by atoms with Gasteiger partial charge in [-0.3, -0.25) is 9.48 Å². The van der Waals surface area contributed by atoms with Crippen LogP contribution in [0.15, 0.2) is 47.2 Å². The van der Waals surface area contributed by atoms with Crippen LogP contribution in [-0.2, 0) is 24.3 Å². The number of amides is 1. The average Bonchev–Trinajstić information content (AvgIpc) is 3.15. The zero-order chi connectivity index (χ0) is 16.9. The molecule has 0 saturated heterocycles. The highest BCUT2D eigenvalue weighted by atomic mass is 35.5. The molecule has 1 N–H and O–H groups in total. The molecule has 0 unspecified atom stereocenters. The molecule has 24 heavy (non-hydrogen) atoms. The second kappa shape index (κ2) is 7.31. The summed E-state index contributed by atoms with van der Waals surface area (Å²) in [6.45, 7) is 2.87. The molecule has 0 aliphatic carbocycles. The minimum absolute atomic E-state index is 0.140. The molecule has 2 aromatic heterocycles. The third-order valence-electron chi connectivity index (χ3n) is 3.64. The van der Waals surface area contributed by atoms with Gasteiger partial charge in [0.15, 0.2) is 0 Å². The fourth-order valence-corrected chi connectivity index (χ4v) is 2.57. The summed E-state index contributed by atoms with van der Waals surface area (Å²) < 4.78 is 6.69. The predicted octanol–water partition coefficient (Wildman–Crippen LogP) is 2.74. The first-order chi connectivity index (χ1) is 11.6. The number of rotatable bonds is 6. The van der Waals surface area contributed by atoms with E-state index in [1.807, 2.05) is 41.2 Å². The summed E-state index contributed by atoms with van der Waals surface area (Å²) in [5, 5.41) is 11.1. The van der Waals surface area contributed by atoms with Crippen molar-refractivity contribution in [1.29, 1.82) is 0 Å². The molecule has 0 atom stereocenters. The Morgan fingerprint density at radius 2 is 2.08 bits per heavy atom. The molecule has 0 aliphatic rings. The summed E-state index contributed by atoms with van der Waals surface area (Å²) in [6.07, 6.45) is 3.82. The molecule has 1 amide bonds. The summed E-state index contributed by atoms with van der Waals surface area (Å²) in [5.41, 5.74) is 3.36. The molecular weight excluding hydrogens is 328 g/mol. The minimum atomic E-state index is -0.140. The van der Waals surface area contributed by atoms with Gasteiger partial charge >= 0.3 is 0 Å². The number of aryl methyl sites for hydroxylation is 1. The molecule has 3 aromatic rings. The monoisotopic (exact) mass is 344 g/mol. The molecular formula is C17H17ClN4O2. The van der Waals surface area contributed by atoms with Crippen molar-refractivity contribution in [1.82, 2.24) is 20.3 Å². The van der Waals surface area contributed by atoms with Crippen molar-refractivity contribution in [3.05, 3.63) is 70.3 Å². The Kier molecular flexibility index (Phi) is 4.96. The van der Waals surface area contributed by atoms with Crippen molar-refractivity contribution in [3.63, 3.8) is 0 Å². The Labute approximate surface area is 144 Å². The van der Waals surface area contributed by atoms with Gasteiger partial charge in [-0.1, -0.05) is 35.5 Å². The second-order valence-electron chi connectivity index (χ2n) is 5.51. The Morgan fingerprint density at radius 1 is 1.29 bits per heavy atom. The lowest BCUT2D eigenvalue weighted by Gasteiger charge is -2.03. The van der Waals surface area contributed by atoms with E-state index in [0.717, 1.165) is 5.56 Å². The lowest BCUT2D eigenvalue weighted by Crippen LogP contribution is -2.24. The molecule has 0 saturated carbocycles. The number of hydrogen-bond donors (Lipinski definition) is 1. The van der Waals surface area contributed by atoms with Crippen molar-refractivity contribution in [2.24, 2.45) is 0 Å². The molecule has 3 rings (SSSR count). The van der Waals surface area contributed by atoms with Crippen LogP contribution in [0.3, 0.4) is 0 Å². The van der Waals surface area contributed by atoms with Crippen molar-refractivity contribution in [3.8, 4) is 0 Å². The number of halogens is 1. The highest BCUT2D eigenvalue weighted by Gasteiger charge is 2.14. The standard InChI is InChI=1S/C17H17ClN4O2/c1-12-15(17(18)24-21-12)7-16(23)19-8-14-9-20-22(11-14)10-13-5-3-2-4-6-13/h2-6,9,11H,7-8,10H2,1H3,(H,19,23). The number of hydrogen-bond acceptors (Lipinski definition) is 4. The smallest absolute Gasteiger partial charge is 0.229 e. The van der Waals surface area contributed by atoms with E-state index >= 15 is 0 Å². The van der Waals surface area contributed by atoms with Crippen LogP contribution >= 0.6 is 11.6 Å². The van der Waals surface area contributed by atoms with Gasteiger partial charge in [0.25, 0.3) is 0 Å². The average molecular weight is 345 g/mol. The summed E-state index contributed by atoms with van der Waals surface area (Å²) in [5.74, 6) is -0.140. The number of carbonyl (C=O) groups excluding carboxylic acids is 1. The fourth-order valence-electron chi connectivity index (χ4n) is 2.34. The topological polar surface area (TPSA) is 73.0 Å². The van der Waals surface area contributed by atoms with E-state index in [4.69, 9.17) is 16.1 Å². The van der Waals surface area contributed by atoms with Gasteiger partial charge in [0.05, 0.1) is 24.9 Å². The number of aromatic nitrogens is 3. The van der Waals surface area contributed by atoms with Crippen molar-refractivity contribution < 1.29 is 9.32 Å². The van der Waals surface area contributed by atoms with E-state index in [2.05, 4.69) is 15.6 Å². The van der Waals surface area contributed by atoms with Gasteiger partial charge in [-0.2, -0.15) is 5.10 Å². The van der Waals surface area contributed by atoms with E-state index in [0.29, 0.717) is 24.3 Å². The van der Waals surface area contributed by atoms with Crippen LogP contribution in [0.4, 0.5) is 0 Å². The zero-order valence-electron chi connectivity index (χ0n) is 13.2.